The van der Waals surface area contributed by atoms with E-state index in [4.69, 9.17) is 13.9 Å². The Hall–Kier alpha value is -3.19. The third-order valence-electron chi connectivity index (χ3n) is 5.17. The first-order valence-electron chi connectivity index (χ1n) is 10.4. The highest BCUT2D eigenvalue weighted by atomic mass is 16.5. The number of pyridine rings is 1. The van der Waals surface area contributed by atoms with Gasteiger partial charge in [0.05, 0.1) is 12.3 Å². The molecule has 0 aliphatic rings. The van der Waals surface area contributed by atoms with Gasteiger partial charge in [-0.2, -0.15) is 0 Å². The van der Waals surface area contributed by atoms with Crippen molar-refractivity contribution in [1.29, 1.82) is 0 Å². The van der Waals surface area contributed by atoms with E-state index >= 15 is 0 Å². The fraction of sp³-hybridized carbons (Fsp3) is 0.375. The molecule has 3 rings (SSSR count). The van der Waals surface area contributed by atoms with E-state index in [0.29, 0.717) is 37.8 Å². The van der Waals surface area contributed by atoms with E-state index in [-0.39, 0.29) is 6.42 Å². The summed E-state index contributed by atoms with van der Waals surface area (Å²) in [5.74, 6) is 0.881. The van der Waals surface area contributed by atoms with E-state index in [0.717, 1.165) is 22.6 Å². The predicted octanol–water partition coefficient (Wildman–Crippen LogP) is 4.48. The third kappa shape index (κ3) is 5.49. The summed E-state index contributed by atoms with van der Waals surface area (Å²) in [5.41, 5.74) is 1.33. The molecule has 31 heavy (non-hydrogen) atoms. The van der Waals surface area contributed by atoms with E-state index < -0.39 is 11.6 Å². The Bertz CT molecular complexity index is 985. The van der Waals surface area contributed by atoms with E-state index in [2.05, 4.69) is 9.97 Å². The normalized spacial score (nSPS) is 13.0. The Morgan fingerprint density at radius 3 is 2.55 bits per heavy atom. The van der Waals surface area contributed by atoms with Gasteiger partial charge in [-0.1, -0.05) is 31.2 Å². The lowest BCUT2D eigenvalue weighted by Gasteiger charge is -2.28. The average Bonchev–Trinajstić information content (AvgIpc) is 3.15. The van der Waals surface area contributed by atoms with Crippen LogP contribution >= 0.6 is 0 Å². The summed E-state index contributed by atoms with van der Waals surface area (Å²) in [4.78, 5) is 20.6. The van der Waals surface area contributed by atoms with Gasteiger partial charge in [0, 0.05) is 37.3 Å². The molecule has 3 aromatic rings. The molecule has 0 saturated heterocycles. The van der Waals surface area contributed by atoms with Gasteiger partial charge in [0.15, 0.2) is 5.60 Å². The molecule has 0 radical (unpaired) electrons. The molecule has 1 N–H and O–H groups in total. The smallest absolute Gasteiger partial charge is 0.336 e. The van der Waals surface area contributed by atoms with Crippen LogP contribution in [-0.2, 0) is 22.4 Å². The maximum absolute atomic E-state index is 11.7. The van der Waals surface area contributed by atoms with Crippen molar-refractivity contribution in [2.24, 2.45) is 0 Å². The van der Waals surface area contributed by atoms with Gasteiger partial charge in [0.2, 0.25) is 11.8 Å². The minimum atomic E-state index is -1.24. The van der Waals surface area contributed by atoms with Gasteiger partial charge < -0.3 is 19.0 Å². The molecule has 1 aromatic carbocycles. The zero-order valence-electron chi connectivity index (χ0n) is 18.1. The zero-order valence-corrected chi connectivity index (χ0v) is 18.1. The molecular weight excluding hydrogens is 396 g/mol. The van der Waals surface area contributed by atoms with Crippen molar-refractivity contribution in [1.82, 2.24) is 9.97 Å². The molecule has 0 fully saturated rings. The van der Waals surface area contributed by atoms with Crippen LogP contribution in [0.3, 0.4) is 0 Å². The van der Waals surface area contributed by atoms with Crippen molar-refractivity contribution in [2.45, 2.75) is 45.6 Å². The van der Waals surface area contributed by atoms with Crippen molar-refractivity contribution in [3.05, 3.63) is 65.7 Å². The molecule has 2 heterocycles. The highest BCUT2D eigenvalue weighted by Crippen LogP contribution is 2.24. The average molecular weight is 424 g/mol. The summed E-state index contributed by atoms with van der Waals surface area (Å²) < 4.78 is 17.1. The first kappa shape index (κ1) is 22.5. The topological polar surface area (TPSA) is 94.7 Å². The fourth-order valence-corrected chi connectivity index (χ4v) is 3.39. The molecule has 0 aliphatic carbocycles. The lowest BCUT2D eigenvalue weighted by molar-refractivity contribution is -0.166. The van der Waals surface area contributed by atoms with Gasteiger partial charge >= 0.3 is 5.97 Å². The second-order valence-electron chi connectivity index (χ2n) is 7.25. The lowest BCUT2D eigenvalue weighted by atomic mass is 9.92. The largest absolute Gasteiger partial charge is 0.479 e. The number of hydrogen-bond acceptors (Lipinski definition) is 6. The molecule has 0 spiro atoms. The lowest BCUT2D eigenvalue weighted by Crippen LogP contribution is -2.43. The molecule has 164 valence electrons. The first-order chi connectivity index (χ1) is 15.0. The van der Waals surface area contributed by atoms with E-state index in [1.54, 1.807) is 19.2 Å². The van der Waals surface area contributed by atoms with E-state index in [1.165, 1.54) is 0 Å². The third-order valence-corrected chi connectivity index (χ3v) is 5.17. The quantitative estimate of drug-likeness (QED) is 0.485. The van der Waals surface area contributed by atoms with Crippen LogP contribution in [0.2, 0.25) is 0 Å². The Kier molecular flexibility index (Phi) is 7.41. The minimum Gasteiger partial charge on any atom is -0.479 e. The van der Waals surface area contributed by atoms with E-state index in [9.17, 15) is 9.90 Å². The Labute approximate surface area is 182 Å². The number of benzene rings is 1. The maximum Gasteiger partial charge on any atom is 0.336 e. The van der Waals surface area contributed by atoms with Crippen molar-refractivity contribution >= 4 is 5.97 Å². The number of nitrogens with zero attached hydrogens (tertiary/aromatic N) is 2. The number of aliphatic carboxylic acids is 1. The van der Waals surface area contributed by atoms with Crippen LogP contribution in [0.15, 0.2) is 53.1 Å². The summed E-state index contributed by atoms with van der Waals surface area (Å²) in [7, 11) is 0. The van der Waals surface area contributed by atoms with Crippen LogP contribution in [0.5, 0.6) is 5.88 Å². The Morgan fingerprint density at radius 2 is 1.94 bits per heavy atom. The number of carboxylic acids is 1. The highest BCUT2D eigenvalue weighted by Gasteiger charge is 2.37. The molecule has 1 atom stereocenters. The molecule has 2 aromatic heterocycles. The van der Waals surface area contributed by atoms with Crippen LogP contribution in [0.4, 0.5) is 0 Å². The highest BCUT2D eigenvalue weighted by molar-refractivity contribution is 5.78. The van der Waals surface area contributed by atoms with Crippen LogP contribution < -0.4 is 4.74 Å². The van der Waals surface area contributed by atoms with Gasteiger partial charge in [-0.25, -0.2) is 14.8 Å². The summed E-state index contributed by atoms with van der Waals surface area (Å²) in [5, 5.41) is 9.61. The van der Waals surface area contributed by atoms with Crippen molar-refractivity contribution in [3.8, 4) is 17.3 Å². The van der Waals surface area contributed by atoms with Gasteiger partial charge in [-0.05, 0) is 38.0 Å². The first-order valence-corrected chi connectivity index (χ1v) is 10.4. The van der Waals surface area contributed by atoms with Gasteiger partial charge in [0.1, 0.15) is 5.76 Å². The molecule has 0 amide bonds. The second kappa shape index (κ2) is 10.2. The van der Waals surface area contributed by atoms with Gasteiger partial charge in [-0.15, -0.1) is 0 Å². The predicted molar refractivity (Wildman–Crippen MR) is 116 cm³/mol. The number of rotatable bonds is 11. The van der Waals surface area contributed by atoms with E-state index in [1.807, 2.05) is 50.2 Å². The Balaban J connectivity index is 1.58. The summed E-state index contributed by atoms with van der Waals surface area (Å²) >= 11 is 0. The van der Waals surface area contributed by atoms with Crippen LogP contribution in [0.25, 0.3) is 11.5 Å². The molecule has 0 bridgehead atoms. The van der Waals surface area contributed by atoms with Crippen molar-refractivity contribution < 1.29 is 23.8 Å². The molecule has 7 nitrogen and oxygen atoms in total. The maximum atomic E-state index is 11.7. The number of carbonyl (C=O) groups is 1. The standard InChI is InChI=1S/C24H28N2O5/c1-4-24(23(27)28,30-5-2)15-18-11-12-21(25-16-18)29-14-13-20-17(3)31-22(26-20)19-9-7-6-8-10-19/h6-12,16H,4-5,13-15H2,1-3H3,(H,27,28). The summed E-state index contributed by atoms with van der Waals surface area (Å²) in [6, 6.07) is 13.3. The van der Waals surface area contributed by atoms with Gasteiger partial charge in [-0.3, -0.25) is 0 Å². The number of ether oxygens (including phenoxy) is 2. The Morgan fingerprint density at radius 1 is 1.16 bits per heavy atom. The summed E-state index contributed by atoms with van der Waals surface area (Å²) in [6.07, 6.45) is 2.85. The number of aromatic nitrogens is 2. The monoisotopic (exact) mass is 424 g/mol. The minimum absolute atomic E-state index is 0.250. The van der Waals surface area contributed by atoms with Crippen LogP contribution in [0, 0.1) is 6.92 Å². The number of aryl methyl sites for hydroxylation is 1. The molecule has 0 saturated carbocycles. The number of hydrogen-bond donors (Lipinski definition) is 1. The summed E-state index contributed by atoms with van der Waals surface area (Å²) in [6.45, 7) is 6.23. The second-order valence-corrected chi connectivity index (χ2v) is 7.25. The van der Waals surface area contributed by atoms with Crippen LogP contribution in [0.1, 0.15) is 37.3 Å². The molecule has 1 unspecified atom stereocenters. The van der Waals surface area contributed by atoms with Gasteiger partial charge in [0.25, 0.3) is 0 Å². The molecular formula is C24H28N2O5. The molecule has 0 aliphatic heterocycles. The fourth-order valence-electron chi connectivity index (χ4n) is 3.39. The van der Waals surface area contributed by atoms with Crippen LogP contribution in [-0.4, -0.2) is 39.9 Å². The number of carboxylic acid groups (broad SMARTS) is 1. The zero-order chi connectivity index (χ0) is 22.3. The SMILES string of the molecule is CCOC(CC)(Cc1ccc(OCCc2nc(-c3ccccc3)oc2C)nc1)C(=O)O. The van der Waals surface area contributed by atoms with Crippen molar-refractivity contribution in [2.75, 3.05) is 13.2 Å². The number of oxazole rings is 1. The van der Waals surface area contributed by atoms with Crippen molar-refractivity contribution in [3.63, 3.8) is 0 Å². The molecule has 7 heteroatoms.